The van der Waals surface area contributed by atoms with Crippen LogP contribution in [0.15, 0.2) is 0 Å². The molecule has 0 saturated heterocycles. The van der Waals surface area contributed by atoms with Crippen LogP contribution in [0.5, 0.6) is 0 Å². The standard InChI is InChI=1S/C12H21N3S/c1-2-13-9-12-15-14-11(16-12)8-10-6-4-3-5-7-10/h10,13H,2-9H2,1H3. The van der Waals surface area contributed by atoms with E-state index in [-0.39, 0.29) is 0 Å². The first-order valence-corrected chi connectivity index (χ1v) is 7.22. The molecule has 1 aliphatic rings. The molecule has 4 heteroatoms. The summed E-state index contributed by atoms with van der Waals surface area (Å²) in [6, 6.07) is 0. The summed E-state index contributed by atoms with van der Waals surface area (Å²) in [5.41, 5.74) is 0. The highest BCUT2D eigenvalue weighted by molar-refractivity contribution is 7.11. The summed E-state index contributed by atoms with van der Waals surface area (Å²) in [6.45, 7) is 3.99. The summed E-state index contributed by atoms with van der Waals surface area (Å²) in [5.74, 6) is 0.869. The molecule has 0 amide bonds. The van der Waals surface area contributed by atoms with E-state index in [9.17, 15) is 0 Å². The number of aromatic nitrogens is 2. The summed E-state index contributed by atoms with van der Waals surface area (Å²) in [5, 5.41) is 14.2. The molecule has 1 heterocycles. The molecule has 1 aromatic rings. The smallest absolute Gasteiger partial charge is 0.131 e. The molecule has 90 valence electrons. The van der Waals surface area contributed by atoms with Crippen LogP contribution in [-0.4, -0.2) is 16.7 Å². The zero-order valence-electron chi connectivity index (χ0n) is 10.0. The molecule has 0 aliphatic heterocycles. The second kappa shape index (κ2) is 6.30. The molecule has 0 bridgehead atoms. The van der Waals surface area contributed by atoms with Gasteiger partial charge < -0.3 is 5.32 Å². The lowest BCUT2D eigenvalue weighted by Gasteiger charge is -2.19. The van der Waals surface area contributed by atoms with Crippen LogP contribution in [0.3, 0.4) is 0 Å². The molecule has 1 saturated carbocycles. The minimum absolute atomic E-state index is 0.869. The third kappa shape index (κ3) is 3.52. The van der Waals surface area contributed by atoms with Gasteiger partial charge in [0.2, 0.25) is 0 Å². The lowest BCUT2D eigenvalue weighted by molar-refractivity contribution is 0.356. The Hall–Kier alpha value is -0.480. The van der Waals surface area contributed by atoms with E-state index in [4.69, 9.17) is 0 Å². The highest BCUT2D eigenvalue weighted by atomic mass is 32.1. The maximum absolute atomic E-state index is 4.29. The lowest BCUT2D eigenvalue weighted by Crippen LogP contribution is -2.11. The number of hydrogen-bond donors (Lipinski definition) is 1. The van der Waals surface area contributed by atoms with Crippen LogP contribution >= 0.6 is 11.3 Å². The van der Waals surface area contributed by atoms with Gasteiger partial charge in [-0.05, 0) is 12.5 Å². The molecule has 1 aromatic heterocycles. The largest absolute Gasteiger partial charge is 0.311 e. The molecular formula is C12H21N3S. The minimum atomic E-state index is 0.869. The molecule has 1 aliphatic carbocycles. The van der Waals surface area contributed by atoms with E-state index in [1.807, 2.05) is 0 Å². The Morgan fingerprint density at radius 1 is 1.19 bits per heavy atom. The van der Waals surface area contributed by atoms with Gasteiger partial charge in [-0.2, -0.15) is 0 Å². The quantitative estimate of drug-likeness (QED) is 0.858. The van der Waals surface area contributed by atoms with Gasteiger partial charge in [-0.15, -0.1) is 21.5 Å². The molecule has 16 heavy (non-hydrogen) atoms. The predicted molar refractivity (Wildman–Crippen MR) is 67.6 cm³/mol. The third-order valence-electron chi connectivity index (χ3n) is 3.22. The Morgan fingerprint density at radius 2 is 1.94 bits per heavy atom. The van der Waals surface area contributed by atoms with Crippen molar-refractivity contribution >= 4 is 11.3 Å². The number of nitrogens with one attached hydrogen (secondary N) is 1. The summed E-state index contributed by atoms with van der Waals surface area (Å²) in [4.78, 5) is 0. The van der Waals surface area contributed by atoms with Crippen molar-refractivity contribution in [1.82, 2.24) is 15.5 Å². The van der Waals surface area contributed by atoms with E-state index in [1.54, 1.807) is 11.3 Å². The van der Waals surface area contributed by atoms with E-state index in [0.717, 1.165) is 30.4 Å². The zero-order chi connectivity index (χ0) is 11.2. The average molecular weight is 239 g/mol. The fraction of sp³-hybridized carbons (Fsp3) is 0.833. The van der Waals surface area contributed by atoms with Crippen molar-refractivity contribution in [3.63, 3.8) is 0 Å². The lowest BCUT2D eigenvalue weighted by atomic mass is 9.87. The summed E-state index contributed by atoms with van der Waals surface area (Å²) in [6.07, 6.45) is 8.19. The zero-order valence-corrected chi connectivity index (χ0v) is 10.9. The van der Waals surface area contributed by atoms with Crippen LogP contribution < -0.4 is 5.32 Å². The van der Waals surface area contributed by atoms with Gasteiger partial charge in [-0.1, -0.05) is 39.0 Å². The minimum Gasteiger partial charge on any atom is -0.311 e. The Bertz CT molecular complexity index is 305. The van der Waals surface area contributed by atoms with Gasteiger partial charge in [0, 0.05) is 13.0 Å². The molecule has 0 unspecified atom stereocenters. The SMILES string of the molecule is CCNCc1nnc(CC2CCCCC2)s1. The molecule has 1 N–H and O–H groups in total. The van der Waals surface area contributed by atoms with Gasteiger partial charge in [0.05, 0.1) is 0 Å². The van der Waals surface area contributed by atoms with Crippen LogP contribution in [-0.2, 0) is 13.0 Å². The van der Waals surface area contributed by atoms with E-state index >= 15 is 0 Å². The Labute approximate surface area is 102 Å². The Morgan fingerprint density at radius 3 is 2.69 bits per heavy atom. The fourth-order valence-corrected chi connectivity index (χ4v) is 3.24. The second-order valence-electron chi connectivity index (χ2n) is 4.58. The highest BCUT2D eigenvalue weighted by Gasteiger charge is 2.16. The molecular weight excluding hydrogens is 218 g/mol. The van der Waals surface area contributed by atoms with Crippen molar-refractivity contribution in [3.05, 3.63) is 10.0 Å². The second-order valence-corrected chi connectivity index (χ2v) is 5.72. The van der Waals surface area contributed by atoms with E-state index in [2.05, 4.69) is 22.4 Å². The topological polar surface area (TPSA) is 37.8 Å². The highest BCUT2D eigenvalue weighted by Crippen LogP contribution is 2.27. The van der Waals surface area contributed by atoms with Crippen LogP contribution in [0, 0.1) is 5.92 Å². The molecule has 0 spiro atoms. The van der Waals surface area contributed by atoms with Crippen LogP contribution in [0.2, 0.25) is 0 Å². The number of hydrogen-bond acceptors (Lipinski definition) is 4. The molecule has 1 fully saturated rings. The summed E-state index contributed by atoms with van der Waals surface area (Å²) >= 11 is 1.78. The number of rotatable bonds is 5. The maximum atomic E-state index is 4.29. The van der Waals surface area contributed by atoms with Gasteiger partial charge >= 0.3 is 0 Å². The maximum Gasteiger partial charge on any atom is 0.131 e. The molecule has 0 radical (unpaired) electrons. The molecule has 2 rings (SSSR count). The monoisotopic (exact) mass is 239 g/mol. The molecule has 3 nitrogen and oxygen atoms in total. The van der Waals surface area contributed by atoms with Crippen molar-refractivity contribution in [2.75, 3.05) is 6.54 Å². The van der Waals surface area contributed by atoms with E-state index in [1.165, 1.54) is 37.1 Å². The predicted octanol–water partition coefficient (Wildman–Crippen LogP) is 2.77. The first-order chi connectivity index (χ1) is 7.88. The van der Waals surface area contributed by atoms with Crippen molar-refractivity contribution in [2.45, 2.75) is 52.0 Å². The van der Waals surface area contributed by atoms with Crippen molar-refractivity contribution in [3.8, 4) is 0 Å². The van der Waals surface area contributed by atoms with E-state index < -0.39 is 0 Å². The Kier molecular flexibility index (Phi) is 4.72. The van der Waals surface area contributed by atoms with Crippen LogP contribution in [0.1, 0.15) is 49.0 Å². The Balaban J connectivity index is 1.81. The third-order valence-corrected chi connectivity index (χ3v) is 4.17. The van der Waals surface area contributed by atoms with Gasteiger partial charge in [0.15, 0.2) is 0 Å². The molecule has 0 atom stereocenters. The number of nitrogens with zero attached hydrogens (tertiary/aromatic N) is 2. The van der Waals surface area contributed by atoms with Gasteiger partial charge in [-0.25, -0.2) is 0 Å². The van der Waals surface area contributed by atoms with E-state index in [0.29, 0.717) is 0 Å². The summed E-state index contributed by atoms with van der Waals surface area (Å²) < 4.78 is 0. The first-order valence-electron chi connectivity index (χ1n) is 6.40. The van der Waals surface area contributed by atoms with Crippen molar-refractivity contribution in [2.24, 2.45) is 5.92 Å². The van der Waals surface area contributed by atoms with Gasteiger partial charge in [0.1, 0.15) is 10.0 Å². The molecule has 0 aromatic carbocycles. The van der Waals surface area contributed by atoms with Crippen molar-refractivity contribution in [1.29, 1.82) is 0 Å². The fourth-order valence-electron chi connectivity index (χ4n) is 2.31. The van der Waals surface area contributed by atoms with Crippen molar-refractivity contribution < 1.29 is 0 Å². The normalized spacial score (nSPS) is 17.8. The average Bonchev–Trinajstić information content (AvgIpc) is 2.75. The van der Waals surface area contributed by atoms with Crippen LogP contribution in [0.4, 0.5) is 0 Å². The summed E-state index contributed by atoms with van der Waals surface area (Å²) in [7, 11) is 0. The van der Waals surface area contributed by atoms with Gasteiger partial charge in [-0.3, -0.25) is 0 Å². The van der Waals surface area contributed by atoms with Gasteiger partial charge in [0.25, 0.3) is 0 Å². The first kappa shape index (κ1) is 12.0. The van der Waals surface area contributed by atoms with Crippen LogP contribution in [0.25, 0.3) is 0 Å².